The van der Waals surface area contributed by atoms with Crippen molar-refractivity contribution in [3.63, 3.8) is 0 Å². The molecular formula is C26H54N4O3. The summed E-state index contributed by atoms with van der Waals surface area (Å²) >= 11 is 0. The number of hydrogen-bond acceptors (Lipinski definition) is 7. The molecule has 0 aromatic rings. The van der Waals surface area contributed by atoms with Crippen LogP contribution in [-0.4, -0.2) is 71.5 Å². The lowest BCUT2D eigenvalue weighted by Crippen LogP contribution is -2.35. The Morgan fingerprint density at radius 1 is 0.606 bits per heavy atom. The van der Waals surface area contributed by atoms with Gasteiger partial charge >= 0.3 is 5.97 Å². The van der Waals surface area contributed by atoms with Gasteiger partial charge in [-0.05, 0) is 43.2 Å². The minimum atomic E-state index is -0.0995. The van der Waals surface area contributed by atoms with Gasteiger partial charge in [-0.25, -0.2) is 0 Å². The maximum absolute atomic E-state index is 11.6. The zero-order valence-electron chi connectivity index (χ0n) is 22.5. The number of nitrogens with one attached hydrogen (secondary N) is 4. The van der Waals surface area contributed by atoms with Gasteiger partial charge in [0.25, 0.3) is 0 Å². The SMILES string of the molecule is C=C(CCCCNCCNCCNCCNCCCC(=O)OCC(C)(C)C)OCC(C)(C)C. The number of carbonyl (C=O) groups excluding carboxylic acids is 1. The van der Waals surface area contributed by atoms with E-state index < -0.39 is 0 Å². The molecule has 0 atom stereocenters. The third kappa shape index (κ3) is 27.0. The van der Waals surface area contributed by atoms with E-state index >= 15 is 0 Å². The van der Waals surface area contributed by atoms with E-state index in [9.17, 15) is 4.79 Å². The molecule has 0 aliphatic heterocycles. The number of ether oxygens (including phenoxy) is 2. The quantitative estimate of drug-likeness (QED) is 0.116. The number of allylic oxidation sites excluding steroid dienone is 1. The van der Waals surface area contributed by atoms with Crippen LogP contribution in [0, 0.1) is 10.8 Å². The van der Waals surface area contributed by atoms with Crippen molar-refractivity contribution in [3.05, 3.63) is 12.3 Å². The van der Waals surface area contributed by atoms with Crippen molar-refractivity contribution in [1.82, 2.24) is 21.3 Å². The molecule has 0 fully saturated rings. The van der Waals surface area contributed by atoms with E-state index in [0.717, 1.165) is 90.4 Å². The molecule has 0 saturated heterocycles. The molecule has 0 bridgehead atoms. The predicted molar refractivity (Wildman–Crippen MR) is 140 cm³/mol. The fraction of sp³-hybridized carbons (Fsp3) is 0.885. The van der Waals surface area contributed by atoms with Gasteiger partial charge in [0, 0.05) is 52.1 Å². The van der Waals surface area contributed by atoms with Gasteiger partial charge < -0.3 is 30.7 Å². The number of esters is 1. The third-order valence-electron chi connectivity index (χ3n) is 4.60. The summed E-state index contributed by atoms with van der Waals surface area (Å²) in [5.41, 5.74) is 0.219. The summed E-state index contributed by atoms with van der Waals surface area (Å²) in [6.45, 7) is 25.5. The molecule has 0 aliphatic carbocycles. The van der Waals surface area contributed by atoms with Crippen molar-refractivity contribution in [1.29, 1.82) is 0 Å². The predicted octanol–water partition coefficient (Wildman–Crippen LogP) is 3.46. The van der Waals surface area contributed by atoms with E-state index in [0.29, 0.717) is 13.0 Å². The van der Waals surface area contributed by atoms with Crippen LogP contribution in [0.1, 0.15) is 73.6 Å². The molecule has 196 valence electrons. The van der Waals surface area contributed by atoms with E-state index in [1.165, 1.54) is 0 Å². The molecule has 0 aromatic heterocycles. The van der Waals surface area contributed by atoms with E-state index in [2.05, 4.69) is 69.4 Å². The molecule has 7 nitrogen and oxygen atoms in total. The fourth-order valence-electron chi connectivity index (χ4n) is 2.72. The Bertz CT molecular complexity index is 455. The zero-order valence-corrected chi connectivity index (χ0v) is 22.5. The van der Waals surface area contributed by atoms with Gasteiger partial charge in [-0.2, -0.15) is 0 Å². The average molecular weight is 471 g/mol. The summed E-state index contributed by atoms with van der Waals surface area (Å²) in [5, 5.41) is 13.7. The number of unbranched alkanes of at least 4 members (excludes halogenated alkanes) is 1. The first-order valence-electron chi connectivity index (χ1n) is 12.8. The Morgan fingerprint density at radius 2 is 1.03 bits per heavy atom. The molecular weight excluding hydrogens is 416 g/mol. The Kier molecular flexibility index (Phi) is 18.5. The van der Waals surface area contributed by atoms with Crippen LogP contribution in [0.15, 0.2) is 12.3 Å². The van der Waals surface area contributed by atoms with Gasteiger partial charge in [-0.3, -0.25) is 4.79 Å². The van der Waals surface area contributed by atoms with Gasteiger partial charge in [0.1, 0.15) is 0 Å². The zero-order chi connectivity index (χ0) is 25.0. The lowest BCUT2D eigenvalue weighted by Gasteiger charge is -2.19. The molecule has 33 heavy (non-hydrogen) atoms. The van der Waals surface area contributed by atoms with E-state index in [1.54, 1.807) is 0 Å². The van der Waals surface area contributed by atoms with Gasteiger partial charge in [-0.15, -0.1) is 0 Å². The largest absolute Gasteiger partial charge is 0.498 e. The highest BCUT2D eigenvalue weighted by Gasteiger charge is 2.13. The minimum Gasteiger partial charge on any atom is -0.498 e. The summed E-state index contributed by atoms with van der Waals surface area (Å²) in [6.07, 6.45) is 4.50. The number of rotatable bonds is 21. The molecule has 4 N–H and O–H groups in total. The van der Waals surface area contributed by atoms with Crippen LogP contribution in [0.2, 0.25) is 0 Å². The molecule has 0 saturated carbocycles. The molecule has 0 unspecified atom stereocenters. The second-order valence-corrected chi connectivity index (χ2v) is 11.2. The summed E-state index contributed by atoms with van der Waals surface area (Å²) in [4.78, 5) is 11.6. The topological polar surface area (TPSA) is 83.7 Å². The average Bonchev–Trinajstić information content (AvgIpc) is 2.72. The van der Waals surface area contributed by atoms with Crippen molar-refractivity contribution in [2.75, 3.05) is 65.6 Å². The summed E-state index contributed by atoms with van der Waals surface area (Å²) in [6, 6.07) is 0. The van der Waals surface area contributed by atoms with Crippen molar-refractivity contribution in [3.8, 4) is 0 Å². The molecule has 0 spiro atoms. The Labute approximate surface area is 204 Å². The van der Waals surface area contributed by atoms with Crippen molar-refractivity contribution < 1.29 is 14.3 Å². The van der Waals surface area contributed by atoms with Crippen LogP contribution in [0.5, 0.6) is 0 Å². The highest BCUT2D eigenvalue weighted by molar-refractivity contribution is 5.69. The summed E-state index contributed by atoms with van der Waals surface area (Å²) in [7, 11) is 0. The third-order valence-corrected chi connectivity index (χ3v) is 4.60. The van der Waals surface area contributed by atoms with Crippen molar-refractivity contribution >= 4 is 5.97 Å². The maximum atomic E-state index is 11.6. The highest BCUT2D eigenvalue weighted by Crippen LogP contribution is 2.16. The summed E-state index contributed by atoms with van der Waals surface area (Å²) < 4.78 is 11.0. The second-order valence-electron chi connectivity index (χ2n) is 11.2. The molecule has 0 amide bonds. The van der Waals surface area contributed by atoms with Crippen LogP contribution in [0.3, 0.4) is 0 Å². The van der Waals surface area contributed by atoms with Crippen LogP contribution in [0.25, 0.3) is 0 Å². The van der Waals surface area contributed by atoms with Gasteiger partial charge in [-0.1, -0.05) is 48.1 Å². The Hall–Kier alpha value is -1.15. The number of carbonyl (C=O) groups is 1. The minimum absolute atomic E-state index is 0.0306. The smallest absolute Gasteiger partial charge is 0.305 e. The summed E-state index contributed by atoms with van der Waals surface area (Å²) in [5.74, 6) is 0.808. The molecule has 0 radical (unpaired) electrons. The molecule has 0 heterocycles. The first-order valence-corrected chi connectivity index (χ1v) is 12.8. The van der Waals surface area contributed by atoms with Crippen LogP contribution < -0.4 is 21.3 Å². The number of hydrogen-bond donors (Lipinski definition) is 4. The van der Waals surface area contributed by atoms with Crippen LogP contribution >= 0.6 is 0 Å². The highest BCUT2D eigenvalue weighted by atomic mass is 16.5. The van der Waals surface area contributed by atoms with E-state index in [-0.39, 0.29) is 16.8 Å². The molecule has 0 rings (SSSR count). The maximum Gasteiger partial charge on any atom is 0.305 e. The lowest BCUT2D eigenvalue weighted by atomic mass is 9.99. The monoisotopic (exact) mass is 470 g/mol. The second kappa shape index (κ2) is 19.2. The van der Waals surface area contributed by atoms with Crippen molar-refractivity contribution in [2.45, 2.75) is 73.6 Å². The standard InChI is InChI=1S/C26H54N4O3/c1-23(32-21-25(2,3)4)11-8-9-13-27-15-17-29-19-20-30-18-16-28-14-10-12-24(31)33-22-26(5,6)7/h27-30H,1,8-22H2,2-7H3. The first kappa shape index (κ1) is 31.9. The van der Waals surface area contributed by atoms with Crippen LogP contribution in [-0.2, 0) is 14.3 Å². The molecule has 0 aliphatic rings. The van der Waals surface area contributed by atoms with Crippen LogP contribution in [0.4, 0.5) is 0 Å². The molecule has 7 heteroatoms. The van der Waals surface area contributed by atoms with Crippen molar-refractivity contribution in [2.24, 2.45) is 10.8 Å². The Morgan fingerprint density at radius 3 is 1.52 bits per heavy atom. The van der Waals surface area contributed by atoms with Gasteiger partial charge in [0.2, 0.25) is 0 Å². The molecule has 0 aromatic carbocycles. The normalized spacial score (nSPS) is 12.1. The van der Waals surface area contributed by atoms with Gasteiger partial charge in [0.05, 0.1) is 19.0 Å². The first-order chi connectivity index (χ1) is 15.5. The van der Waals surface area contributed by atoms with Gasteiger partial charge in [0.15, 0.2) is 0 Å². The Balaban J connectivity index is 3.24. The van der Waals surface area contributed by atoms with E-state index in [1.807, 2.05) is 0 Å². The fourth-order valence-corrected chi connectivity index (χ4v) is 2.72. The lowest BCUT2D eigenvalue weighted by molar-refractivity contribution is -0.146. The van der Waals surface area contributed by atoms with E-state index in [4.69, 9.17) is 9.47 Å².